The first-order valence-electron chi connectivity index (χ1n) is 13.4. The van der Waals surface area contributed by atoms with Crippen molar-refractivity contribution in [3.05, 3.63) is 53.3 Å². The van der Waals surface area contributed by atoms with Crippen LogP contribution < -0.4 is 15.8 Å². The van der Waals surface area contributed by atoms with Gasteiger partial charge in [0.05, 0.1) is 20.3 Å². The molecular formula is C29H38FN3O6. The van der Waals surface area contributed by atoms with E-state index in [1.54, 1.807) is 17.0 Å². The molecule has 1 aliphatic heterocycles. The number of nitrogens with two attached hydrogens (primary N) is 1. The van der Waals surface area contributed by atoms with Gasteiger partial charge in [0.2, 0.25) is 5.91 Å². The van der Waals surface area contributed by atoms with Crippen LogP contribution in [-0.2, 0) is 15.1 Å². The molecule has 2 fully saturated rings. The maximum atomic E-state index is 15.6. The summed E-state index contributed by atoms with van der Waals surface area (Å²) in [6.45, 7) is 2.70. The normalized spacial score (nSPS) is 22.8. The lowest BCUT2D eigenvalue weighted by atomic mass is 9.78. The van der Waals surface area contributed by atoms with Gasteiger partial charge in [0.15, 0.2) is 0 Å². The van der Waals surface area contributed by atoms with Crippen LogP contribution in [0.4, 0.5) is 9.18 Å². The molecule has 0 aromatic heterocycles. The number of ether oxygens (including phenoxy) is 2. The van der Waals surface area contributed by atoms with Crippen LogP contribution in [0.25, 0.3) is 11.1 Å². The van der Waals surface area contributed by atoms with Crippen molar-refractivity contribution in [1.29, 1.82) is 0 Å². The smallest absolute Gasteiger partial charge is 0.404 e. The summed E-state index contributed by atoms with van der Waals surface area (Å²) in [5.74, 6) is -0.134. The lowest BCUT2D eigenvalue weighted by molar-refractivity contribution is -0.167. The van der Waals surface area contributed by atoms with E-state index >= 15 is 4.39 Å². The van der Waals surface area contributed by atoms with Crippen LogP contribution in [0, 0.1) is 18.7 Å². The van der Waals surface area contributed by atoms with E-state index in [1.807, 2.05) is 19.1 Å². The summed E-state index contributed by atoms with van der Waals surface area (Å²) in [7, 11) is 1.53. The maximum Gasteiger partial charge on any atom is 0.404 e. The van der Waals surface area contributed by atoms with Crippen molar-refractivity contribution >= 4 is 12.0 Å². The summed E-state index contributed by atoms with van der Waals surface area (Å²) in [6, 6.07) is 9.90. The third kappa shape index (κ3) is 6.51. The number of morpholine rings is 1. The van der Waals surface area contributed by atoms with Gasteiger partial charge in [-0.2, -0.15) is 0 Å². The molecule has 9 nitrogen and oxygen atoms in total. The van der Waals surface area contributed by atoms with Crippen molar-refractivity contribution in [2.45, 2.75) is 56.8 Å². The van der Waals surface area contributed by atoms with Gasteiger partial charge in [0, 0.05) is 30.6 Å². The van der Waals surface area contributed by atoms with Gasteiger partial charge in [-0.1, -0.05) is 18.2 Å². The van der Waals surface area contributed by atoms with Gasteiger partial charge in [0.1, 0.15) is 23.3 Å². The Bertz CT molecular complexity index is 1190. The predicted octanol–water partition coefficient (Wildman–Crippen LogP) is 3.40. The average molecular weight is 544 g/mol. The third-order valence-electron chi connectivity index (χ3n) is 7.80. The van der Waals surface area contributed by atoms with Gasteiger partial charge in [0.25, 0.3) is 0 Å². The first-order valence-corrected chi connectivity index (χ1v) is 13.4. The molecule has 1 saturated heterocycles. The molecule has 10 heteroatoms. The van der Waals surface area contributed by atoms with Crippen LogP contribution in [0.1, 0.15) is 43.2 Å². The van der Waals surface area contributed by atoms with E-state index in [0.29, 0.717) is 29.8 Å². The fraction of sp³-hybridized carbons (Fsp3) is 0.517. The fourth-order valence-electron chi connectivity index (χ4n) is 5.85. The summed E-state index contributed by atoms with van der Waals surface area (Å²) in [5.41, 5.74) is 6.23. The van der Waals surface area contributed by atoms with Gasteiger partial charge in [-0.25, -0.2) is 9.18 Å². The zero-order valence-electron chi connectivity index (χ0n) is 22.5. The molecule has 0 bridgehead atoms. The molecule has 0 radical (unpaired) electrons. The second-order valence-corrected chi connectivity index (χ2v) is 10.6. The number of carbonyl (C=O) groups is 2. The van der Waals surface area contributed by atoms with Gasteiger partial charge < -0.3 is 35.6 Å². The Morgan fingerprint density at radius 1 is 1.28 bits per heavy atom. The van der Waals surface area contributed by atoms with Crippen molar-refractivity contribution in [2.75, 3.05) is 33.4 Å². The number of rotatable bonds is 9. The minimum absolute atomic E-state index is 0.00553. The standard InChI is InChI=1S/C29H38FN3O6/c1-18-13-20(16-22(14-18)38-2)26-23(5-3-6-24(26)30)29(37,9-4-10-32-28(35)36)25-17-33(11-12-39-25)27(34)19-7-8-21(31)15-19/h3,5-6,13-14,16,19,21,25,32,37H,4,7-12,15,17,31H2,1-2H3,(H,35,36). The molecule has 2 amide bonds. The number of aryl methyl sites for hydroxylation is 1. The number of hydrogen-bond acceptors (Lipinski definition) is 6. The maximum absolute atomic E-state index is 15.6. The monoisotopic (exact) mass is 543 g/mol. The fourth-order valence-corrected chi connectivity index (χ4v) is 5.85. The highest BCUT2D eigenvalue weighted by Gasteiger charge is 2.45. The van der Waals surface area contributed by atoms with Crippen molar-refractivity contribution in [2.24, 2.45) is 11.7 Å². The number of nitrogens with zero attached hydrogens (tertiary/aromatic N) is 1. The van der Waals surface area contributed by atoms with Crippen molar-refractivity contribution < 1.29 is 33.7 Å². The minimum atomic E-state index is -1.72. The zero-order valence-corrected chi connectivity index (χ0v) is 22.5. The van der Waals surface area contributed by atoms with Gasteiger partial charge in [-0.15, -0.1) is 0 Å². The van der Waals surface area contributed by atoms with E-state index < -0.39 is 23.6 Å². The predicted molar refractivity (Wildman–Crippen MR) is 144 cm³/mol. The molecule has 1 heterocycles. The molecule has 1 aliphatic carbocycles. The molecular weight excluding hydrogens is 505 g/mol. The van der Waals surface area contributed by atoms with Crippen molar-refractivity contribution in [1.82, 2.24) is 10.2 Å². The Balaban J connectivity index is 1.72. The first kappa shape index (κ1) is 28.8. The molecule has 5 N–H and O–H groups in total. The highest BCUT2D eigenvalue weighted by atomic mass is 19.1. The van der Waals surface area contributed by atoms with Crippen molar-refractivity contribution in [3.8, 4) is 16.9 Å². The number of nitrogens with one attached hydrogen (secondary N) is 1. The number of carbonyl (C=O) groups excluding carboxylic acids is 1. The van der Waals surface area contributed by atoms with E-state index in [9.17, 15) is 14.7 Å². The SMILES string of the molecule is COc1cc(C)cc(-c2c(F)cccc2C(O)(CCCNC(=O)O)C2CN(C(=O)C3CCC(N)C3)CCO2)c1. The lowest BCUT2D eigenvalue weighted by Crippen LogP contribution is -2.55. The Labute approximate surface area is 228 Å². The molecule has 2 aliphatic rings. The summed E-state index contributed by atoms with van der Waals surface area (Å²) in [4.78, 5) is 26.1. The number of halogens is 1. The van der Waals surface area contributed by atoms with E-state index in [-0.39, 0.29) is 56.0 Å². The van der Waals surface area contributed by atoms with Crippen molar-refractivity contribution in [3.63, 3.8) is 0 Å². The number of amides is 2. The Morgan fingerprint density at radius 3 is 2.77 bits per heavy atom. The minimum Gasteiger partial charge on any atom is -0.497 e. The molecule has 39 heavy (non-hydrogen) atoms. The molecule has 2 aromatic carbocycles. The van der Waals surface area contributed by atoms with Crippen LogP contribution >= 0.6 is 0 Å². The van der Waals surface area contributed by atoms with Gasteiger partial charge in [-0.3, -0.25) is 4.79 Å². The summed E-state index contributed by atoms with van der Waals surface area (Å²) >= 11 is 0. The zero-order chi connectivity index (χ0) is 28.2. The first-order chi connectivity index (χ1) is 18.6. The number of aliphatic hydroxyl groups is 1. The summed E-state index contributed by atoms with van der Waals surface area (Å²) < 4.78 is 27.1. The molecule has 0 spiro atoms. The van der Waals surface area contributed by atoms with Crippen LogP contribution in [-0.4, -0.2) is 72.6 Å². The topological polar surface area (TPSA) is 134 Å². The Morgan fingerprint density at radius 2 is 2.08 bits per heavy atom. The summed E-state index contributed by atoms with van der Waals surface area (Å²) in [5, 5.41) is 23.7. The second kappa shape index (κ2) is 12.3. The molecule has 4 rings (SSSR count). The molecule has 4 atom stereocenters. The Hall–Kier alpha value is -3.21. The largest absolute Gasteiger partial charge is 0.497 e. The van der Waals surface area contributed by atoms with E-state index in [0.717, 1.165) is 18.4 Å². The third-order valence-corrected chi connectivity index (χ3v) is 7.80. The number of carboxylic acid groups (broad SMARTS) is 1. The summed E-state index contributed by atoms with van der Waals surface area (Å²) in [6.07, 6.45) is 0.484. The van der Waals surface area contributed by atoms with Crippen LogP contribution in [0.5, 0.6) is 5.75 Å². The molecule has 4 unspecified atom stereocenters. The number of hydrogen-bond donors (Lipinski definition) is 4. The van der Waals surface area contributed by atoms with E-state index in [1.165, 1.54) is 19.2 Å². The van der Waals surface area contributed by atoms with Gasteiger partial charge >= 0.3 is 6.09 Å². The van der Waals surface area contributed by atoms with E-state index in [4.69, 9.17) is 20.3 Å². The van der Waals surface area contributed by atoms with Gasteiger partial charge in [-0.05, 0) is 73.9 Å². The average Bonchev–Trinajstić information content (AvgIpc) is 3.36. The quantitative estimate of drug-likeness (QED) is 0.356. The Kier molecular flexibility index (Phi) is 9.09. The van der Waals surface area contributed by atoms with Crippen LogP contribution in [0.3, 0.4) is 0 Å². The highest BCUT2D eigenvalue weighted by molar-refractivity contribution is 5.79. The second-order valence-electron chi connectivity index (χ2n) is 10.6. The molecule has 1 saturated carbocycles. The molecule has 2 aromatic rings. The van der Waals surface area contributed by atoms with Crippen LogP contribution in [0.15, 0.2) is 36.4 Å². The lowest BCUT2D eigenvalue weighted by Gasteiger charge is -2.43. The van der Waals surface area contributed by atoms with E-state index in [2.05, 4.69) is 5.32 Å². The molecule has 212 valence electrons. The number of methoxy groups -OCH3 is 1. The van der Waals surface area contributed by atoms with Crippen LogP contribution in [0.2, 0.25) is 0 Å². The number of benzene rings is 2. The highest BCUT2D eigenvalue weighted by Crippen LogP contribution is 2.42.